The van der Waals surface area contributed by atoms with Crippen molar-refractivity contribution < 1.29 is 14.7 Å². The van der Waals surface area contributed by atoms with Gasteiger partial charge in [-0.3, -0.25) is 4.79 Å². The lowest BCUT2D eigenvalue weighted by Gasteiger charge is -2.17. The molecule has 6 heteroatoms. The molecule has 0 saturated heterocycles. The molecule has 1 amide bonds. The molecule has 0 aliphatic carbocycles. The van der Waals surface area contributed by atoms with Crippen molar-refractivity contribution in [1.82, 2.24) is 0 Å². The maximum absolute atomic E-state index is 12.3. The van der Waals surface area contributed by atoms with Gasteiger partial charge in [0.2, 0.25) is 0 Å². The number of aromatic carboxylic acids is 1. The van der Waals surface area contributed by atoms with Crippen molar-refractivity contribution in [2.24, 2.45) is 0 Å². The Bertz CT molecular complexity index is 715. The number of rotatable bonds is 3. The van der Waals surface area contributed by atoms with Crippen molar-refractivity contribution in [3.05, 3.63) is 51.7 Å². The molecule has 0 aliphatic heterocycles. The van der Waals surface area contributed by atoms with E-state index in [0.29, 0.717) is 16.1 Å². The Balaban J connectivity index is 2.33. The largest absolute Gasteiger partial charge is 0.477 e. The zero-order valence-corrected chi connectivity index (χ0v) is 11.3. The van der Waals surface area contributed by atoms with Gasteiger partial charge in [-0.2, -0.15) is 5.26 Å². The number of anilines is 1. The van der Waals surface area contributed by atoms with Gasteiger partial charge in [-0.1, -0.05) is 12.1 Å². The lowest BCUT2D eigenvalue weighted by Crippen LogP contribution is -2.26. The van der Waals surface area contributed by atoms with Crippen LogP contribution in [0.5, 0.6) is 0 Å². The Kier molecular flexibility index (Phi) is 3.82. The average molecular weight is 286 g/mol. The lowest BCUT2D eigenvalue weighted by molar-refractivity contribution is 0.0702. The lowest BCUT2D eigenvalue weighted by atomic mass is 10.2. The van der Waals surface area contributed by atoms with Crippen LogP contribution in [0.25, 0.3) is 0 Å². The molecule has 0 saturated carbocycles. The summed E-state index contributed by atoms with van der Waals surface area (Å²) in [4.78, 5) is 24.9. The number of carboxylic acid groups (broad SMARTS) is 1. The molecule has 1 heterocycles. The number of para-hydroxylation sites is 1. The highest BCUT2D eigenvalue weighted by Crippen LogP contribution is 2.23. The maximum atomic E-state index is 12.3. The third kappa shape index (κ3) is 2.53. The third-order valence-electron chi connectivity index (χ3n) is 2.72. The van der Waals surface area contributed by atoms with E-state index in [1.807, 2.05) is 6.07 Å². The standard InChI is InChI=1S/C14H10N2O3S/c1-16(10-5-3-2-4-9(10)8-15)13(17)11-6-7-12(20-11)14(18)19/h2-7H,1H3,(H,18,19). The highest BCUT2D eigenvalue weighted by Gasteiger charge is 2.19. The second-order valence-corrected chi connectivity index (χ2v) is 5.05. The summed E-state index contributed by atoms with van der Waals surface area (Å²) in [5, 5.41) is 17.9. The van der Waals surface area contributed by atoms with E-state index in [9.17, 15) is 9.59 Å². The van der Waals surface area contributed by atoms with Crippen molar-refractivity contribution in [2.45, 2.75) is 0 Å². The number of carbonyl (C=O) groups excluding carboxylic acids is 1. The fourth-order valence-corrected chi connectivity index (χ4v) is 2.52. The predicted molar refractivity (Wildman–Crippen MR) is 75.2 cm³/mol. The Morgan fingerprint density at radius 2 is 1.85 bits per heavy atom. The van der Waals surface area contributed by atoms with Crippen LogP contribution in [0, 0.1) is 11.3 Å². The van der Waals surface area contributed by atoms with Gasteiger partial charge >= 0.3 is 5.97 Å². The smallest absolute Gasteiger partial charge is 0.345 e. The number of hydrogen-bond acceptors (Lipinski definition) is 4. The minimum Gasteiger partial charge on any atom is -0.477 e. The molecule has 0 unspecified atom stereocenters. The summed E-state index contributed by atoms with van der Waals surface area (Å²) >= 11 is 0.912. The number of thiophene rings is 1. The Morgan fingerprint density at radius 3 is 2.45 bits per heavy atom. The quantitative estimate of drug-likeness (QED) is 0.940. The summed E-state index contributed by atoms with van der Waals surface area (Å²) in [6.45, 7) is 0. The van der Waals surface area contributed by atoms with Gasteiger partial charge in [0, 0.05) is 7.05 Å². The van der Waals surface area contributed by atoms with Gasteiger partial charge in [0.25, 0.3) is 5.91 Å². The molecular weight excluding hydrogens is 276 g/mol. The van der Waals surface area contributed by atoms with E-state index in [1.54, 1.807) is 31.3 Å². The van der Waals surface area contributed by atoms with Gasteiger partial charge in [0.1, 0.15) is 10.9 Å². The van der Waals surface area contributed by atoms with E-state index in [1.165, 1.54) is 17.0 Å². The van der Waals surface area contributed by atoms with E-state index in [-0.39, 0.29) is 10.8 Å². The van der Waals surface area contributed by atoms with Gasteiger partial charge in [0.15, 0.2) is 0 Å². The third-order valence-corrected chi connectivity index (χ3v) is 3.78. The molecule has 2 rings (SSSR count). The molecule has 0 fully saturated rings. The van der Waals surface area contributed by atoms with Gasteiger partial charge in [-0.15, -0.1) is 11.3 Å². The zero-order chi connectivity index (χ0) is 14.7. The minimum atomic E-state index is -1.06. The van der Waals surface area contributed by atoms with Crippen molar-refractivity contribution in [3.63, 3.8) is 0 Å². The average Bonchev–Trinajstić information content (AvgIpc) is 2.95. The molecule has 0 atom stereocenters. The SMILES string of the molecule is CN(C(=O)c1ccc(C(=O)O)s1)c1ccccc1C#N. The summed E-state index contributed by atoms with van der Waals surface area (Å²) in [5.74, 6) is -1.40. The predicted octanol–water partition coefficient (Wildman–Crippen LogP) is 2.59. The topological polar surface area (TPSA) is 81.4 Å². The first-order chi connectivity index (χ1) is 9.54. The second kappa shape index (κ2) is 5.55. The van der Waals surface area contributed by atoms with Crippen molar-refractivity contribution in [1.29, 1.82) is 5.26 Å². The van der Waals surface area contributed by atoms with E-state index >= 15 is 0 Å². The number of carbonyl (C=O) groups is 2. The summed E-state index contributed by atoms with van der Waals surface area (Å²) in [7, 11) is 1.55. The summed E-state index contributed by atoms with van der Waals surface area (Å²) in [6, 6.07) is 11.6. The summed E-state index contributed by atoms with van der Waals surface area (Å²) < 4.78 is 0. The first-order valence-electron chi connectivity index (χ1n) is 5.65. The molecule has 0 spiro atoms. The molecule has 100 valence electrons. The highest BCUT2D eigenvalue weighted by molar-refractivity contribution is 7.16. The van der Waals surface area contributed by atoms with E-state index in [0.717, 1.165) is 11.3 Å². The highest BCUT2D eigenvalue weighted by atomic mass is 32.1. The Labute approximate surface area is 119 Å². The molecule has 1 aromatic carbocycles. The molecular formula is C14H10N2O3S. The van der Waals surface area contributed by atoms with Crippen LogP contribution in [-0.2, 0) is 0 Å². The molecule has 1 aromatic heterocycles. The van der Waals surface area contributed by atoms with Gasteiger partial charge in [0.05, 0.1) is 16.1 Å². The summed E-state index contributed by atoms with van der Waals surface area (Å²) in [6.07, 6.45) is 0. The number of carboxylic acids is 1. The molecule has 0 bridgehead atoms. The molecule has 0 radical (unpaired) electrons. The number of nitrogens with zero attached hydrogens (tertiary/aromatic N) is 2. The minimum absolute atomic E-state index is 0.107. The monoisotopic (exact) mass is 286 g/mol. The van der Waals surface area contributed by atoms with E-state index < -0.39 is 5.97 Å². The van der Waals surface area contributed by atoms with Crippen LogP contribution in [0.15, 0.2) is 36.4 Å². The van der Waals surface area contributed by atoms with Crippen LogP contribution in [0.4, 0.5) is 5.69 Å². The molecule has 5 nitrogen and oxygen atoms in total. The van der Waals surface area contributed by atoms with Crippen LogP contribution in [0.1, 0.15) is 24.9 Å². The zero-order valence-electron chi connectivity index (χ0n) is 10.5. The van der Waals surface area contributed by atoms with Gasteiger partial charge in [-0.25, -0.2) is 4.79 Å². The number of nitriles is 1. The first kappa shape index (κ1) is 13.8. The van der Waals surface area contributed by atoms with Crippen molar-refractivity contribution in [3.8, 4) is 6.07 Å². The van der Waals surface area contributed by atoms with Crippen molar-refractivity contribution >= 4 is 28.9 Å². The van der Waals surface area contributed by atoms with E-state index in [2.05, 4.69) is 0 Å². The van der Waals surface area contributed by atoms with Gasteiger partial charge < -0.3 is 10.0 Å². The van der Waals surface area contributed by atoms with Crippen LogP contribution >= 0.6 is 11.3 Å². The van der Waals surface area contributed by atoms with Gasteiger partial charge in [-0.05, 0) is 24.3 Å². The van der Waals surface area contributed by atoms with Crippen molar-refractivity contribution in [2.75, 3.05) is 11.9 Å². The molecule has 1 N–H and O–H groups in total. The fourth-order valence-electron chi connectivity index (χ4n) is 1.70. The molecule has 0 aliphatic rings. The van der Waals surface area contributed by atoms with E-state index in [4.69, 9.17) is 10.4 Å². The number of benzene rings is 1. The Morgan fingerprint density at radius 1 is 1.20 bits per heavy atom. The molecule has 2 aromatic rings. The second-order valence-electron chi connectivity index (χ2n) is 3.96. The summed E-state index contributed by atoms with van der Waals surface area (Å²) in [5.41, 5.74) is 0.878. The normalized spacial score (nSPS) is 9.80. The van der Waals surface area contributed by atoms with Crippen LogP contribution in [0.3, 0.4) is 0 Å². The first-order valence-corrected chi connectivity index (χ1v) is 6.46. The van der Waals surface area contributed by atoms with Crippen LogP contribution in [0.2, 0.25) is 0 Å². The number of amides is 1. The fraction of sp³-hybridized carbons (Fsp3) is 0.0714. The van der Waals surface area contributed by atoms with Crippen LogP contribution in [-0.4, -0.2) is 24.0 Å². The maximum Gasteiger partial charge on any atom is 0.345 e. The number of hydrogen-bond donors (Lipinski definition) is 1. The molecule has 20 heavy (non-hydrogen) atoms. The van der Waals surface area contributed by atoms with Crippen LogP contribution < -0.4 is 4.90 Å². The Hall–Kier alpha value is -2.65.